The molecule has 3 aromatic rings. The van der Waals surface area contributed by atoms with Crippen LogP contribution in [-0.2, 0) is 0 Å². The molecule has 4 rings (SSSR count). The number of amides is 1. The van der Waals surface area contributed by atoms with Gasteiger partial charge in [-0.15, -0.1) is 10.2 Å². The van der Waals surface area contributed by atoms with Crippen LogP contribution in [0, 0.1) is 11.3 Å². The third-order valence-electron chi connectivity index (χ3n) is 5.22. The van der Waals surface area contributed by atoms with E-state index in [2.05, 4.69) is 31.9 Å². The number of rotatable bonds is 6. The fraction of sp³-hybridized carbons (Fsp3) is 0.348. The van der Waals surface area contributed by atoms with Crippen molar-refractivity contribution in [3.63, 3.8) is 0 Å². The molecule has 170 valence electrons. The second-order valence-electron chi connectivity index (χ2n) is 8.16. The number of aliphatic hydroxyl groups excluding tert-OH is 1. The Hall–Kier alpha value is -3.55. The summed E-state index contributed by atoms with van der Waals surface area (Å²) in [6.45, 7) is 5.12. The molecule has 1 amide bonds. The first-order valence-electron chi connectivity index (χ1n) is 10.8. The summed E-state index contributed by atoms with van der Waals surface area (Å²) in [5.41, 5.74) is 3.00. The van der Waals surface area contributed by atoms with Crippen molar-refractivity contribution in [3.8, 4) is 16.6 Å². The molecule has 0 radical (unpaired) electrons. The Morgan fingerprint density at radius 1 is 1.24 bits per heavy atom. The molecule has 0 spiro atoms. The number of benzene rings is 1. The van der Waals surface area contributed by atoms with Gasteiger partial charge in [0.1, 0.15) is 5.82 Å². The van der Waals surface area contributed by atoms with Gasteiger partial charge >= 0.3 is 0 Å². The summed E-state index contributed by atoms with van der Waals surface area (Å²) >= 11 is 1.24. The molecule has 0 bridgehead atoms. The average Bonchev–Trinajstić information content (AvgIpc) is 3.29. The lowest BCUT2D eigenvalue weighted by Gasteiger charge is -2.28. The highest BCUT2D eigenvalue weighted by molar-refractivity contribution is 7.16. The molecule has 0 unspecified atom stereocenters. The third kappa shape index (κ3) is 5.45. The lowest BCUT2D eigenvalue weighted by atomic mass is 10.1. The molecule has 10 heteroatoms. The zero-order chi connectivity index (χ0) is 23.4. The smallest absolute Gasteiger partial charge is 0.284 e. The van der Waals surface area contributed by atoms with Gasteiger partial charge < -0.3 is 20.6 Å². The molecule has 33 heavy (non-hydrogen) atoms. The van der Waals surface area contributed by atoms with E-state index in [-0.39, 0.29) is 18.1 Å². The topological polar surface area (TPSA) is 127 Å². The largest absolute Gasteiger partial charge is 0.393 e. The second-order valence-corrected chi connectivity index (χ2v) is 9.14. The van der Waals surface area contributed by atoms with Crippen LogP contribution in [0.25, 0.3) is 10.6 Å². The molecule has 0 saturated carbocycles. The van der Waals surface area contributed by atoms with E-state index in [4.69, 9.17) is 5.26 Å². The molecule has 9 nitrogen and oxygen atoms in total. The summed E-state index contributed by atoms with van der Waals surface area (Å²) in [5, 5.41) is 34.6. The van der Waals surface area contributed by atoms with Crippen molar-refractivity contribution in [2.75, 3.05) is 23.7 Å². The van der Waals surface area contributed by atoms with Gasteiger partial charge in [-0.25, -0.2) is 4.98 Å². The quantitative estimate of drug-likeness (QED) is 0.506. The van der Waals surface area contributed by atoms with Crippen molar-refractivity contribution in [1.82, 2.24) is 20.1 Å². The Bertz CT molecular complexity index is 1160. The number of likely N-dealkylation sites (tertiary alicyclic amines) is 1. The number of aliphatic hydroxyl groups is 1. The predicted molar refractivity (Wildman–Crippen MR) is 127 cm³/mol. The average molecular weight is 464 g/mol. The molecule has 1 saturated heterocycles. The standard InChI is InChI=1S/C23H25N7O2S/c1-14(2)26-19-11-20(27-16-5-3-15(12-24)4-6-16)25-13-18(19)21-28-29-22(33-21)23(32)30-9-7-17(31)8-10-30/h3-6,11,13-14,17,31H,7-10H2,1-2H3,(H2,25,26,27). The van der Waals surface area contributed by atoms with Crippen molar-refractivity contribution in [2.45, 2.75) is 38.8 Å². The van der Waals surface area contributed by atoms with Crippen LogP contribution in [0.5, 0.6) is 0 Å². The first-order valence-corrected chi connectivity index (χ1v) is 11.6. The lowest BCUT2D eigenvalue weighted by molar-refractivity contribution is 0.0545. The monoisotopic (exact) mass is 463 g/mol. The normalized spacial score (nSPS) is 14.2. The number of pyridine rings is 1. The minimum atomic E-state index is -0.342. The van der Waals surface area contributed by atoms with Gasteiger partial charge in [0.05, 0.1) is 23.3 Å². The number of hydrogen-bond donors (Lipinski definition) is 3. The van der Waals surface area contributed by atoms with E-state index in [9.17, 15) is 9.90 Å². The SMILES string of the molecule is CC(C)Nc1cc(Nc2ccc(C#N)cc2)ncc1-c1nnc(C(=O)N2CCC(O)CC2)s1. The van der Waals surface area contributed by atoms with E-state index in [0.717, 1.165) is 16.9 Å². The fourth-order valence-corrected chi connectivity index (χ4v) is 4.36. The molecule has 1 aliphatic rings. The van der Waals surface area contributed by atoms with Crippen molar-refractivity contribution in [1.29, 1.82) is 5.26 Å². The molecule has 3 N–H and O–H groups in total. The lowest BCUT2D eigenvalue weighted by Crippen LogP contribution is -2.40. The highest BCUT2D eigenvalue weighted by Crippen LogP contribution is 2.33. The maximum atomic E-state index is 12.8. The highest BCUT2D eigenvalue weighted by atomic mass is 32.1. The number of aromatic nitrogens is 3. The predicted octanol–water partition coefficient (Wildman–Crippen LogP) is 3.63. The summed E-state index contributed by atoms with van der Waals surface area (Å²) in [6, 6.07) is 11.3. The summed E-state index contributed by atoms with van der Waals surface area (Å²) < 4.78 is 0. The second kappa shape index (κ2) is 9.94. The Labute approximate surface area is 196 Å². The van der Waals surface area contributed by atoms with Gasteiger partial charge in [0.2, 0.25) is 5.01 Å². The summed E-state index contributed by atoms with van der Waals surface area (Å²) in [6.07, 6.45) is 2.53. The van der Waals surface area contributed by atoms with Crippen LogP contribution < -0.4 is 10.6 Å². The van der Waals surface area contributed by atoms with Crippen LogP contribution in [0.1, 0.15) is 42.1 Å². The minimum absolute atomic E-state index is 0.156. The molecule has 1 aliphatic heterocycles. The molecule has 1 fully saturated rings. The van der Waals surface area contributed by atoms with E-state index in [1.54, 1.807) is 23.2 Å². The Kier molecular flexibility index (Phi) is 6.82. The van der Waals surface area contributed by atoms with E-state index in [1.807, 2.05) is 32.0 Å². The number of hydrogen-bond acceptors (Lipinski definition) is 9. The van der Waals surface area contributed by atoms with Crippen molar-refractivity contribution >= 4 is 34.4 Å². The van der Waals surface area contributed by atoms with Gasteiger partial charge in [-0.1, -0.05) is 11.3 Å². The highest BCUT2D eigenvalue weighted by Gasteiger charge is 2.25. The van der Waals surface area contributed by atoms with Crippen LogP contribution in [0.2, 0.25) is 0 Å². The van der Waals surface area contributed by atoms with Crippen LogP contribution in [-0.4, -0.2) is 56.3 Å². The molecule has 1 aromatic carbocycles. The van der Waals surface area contributed by atoms with Crippen LogP contribution in [0.4, 0.5) is 17.2 Å². The Morgan fingerprint density at radius 2 is 1.97 bits per heavy atom. The third-order valence-corrected chi connectivity index (χ3v) is 6.17. The molecule has 3 heterocycles. The van der Waals surface area contributed by atoms with E-state index >= 15 is 0 Å². The van der Waals surface area contributed by atoms with E-state index in [0.29, 0.717) is 47.3 Å². The van der Waals surface area contributed by atoms with Gasteiger partial charge in [0.25, 0.3) is 5.91 Å². The molecule has 0 atom stereocenters. The maximum absolute atomic E-state index is 12.8. The first kappa shape index (κ1) is 22.6. The molecule has 0 aliphatic carbocycles. The van der Waals surface area contributed by atoms with E-state index in [1.165, 1.54) is 11.3 Å². The fourth-order valence-electron chi connectivity index (χ4n) is 3.52. The summed E-state index contributed by atoms with van der Waals surface area (Å²) in [5.74, 6) is 0.482. The number of anilines is 3. The number of nitrogens with zero attached hydrogens (tertiary/aromatic N) is 5. The van der Waals surface area contributed by atoms with Crippen LogP contribution >= 0.6 is 11.3 Å². The van der Waals surface area contributed by atoms with Crippen molar-refractivity contribution in [3.05, 3.63) is 47.1 Å². The van der Waals surface area contributed by atoms with Crippen molar-refractivity contribution < 1.29 is 9.90 Å². The maximum Gasteiger partial charge on any atom is 0.284 e. The van der Waals surface area contributed by atoms with Gasteiger partial charge in [0, 0.05) is 42.8 Å². The Morgan fingerprint density at radius 3 is 2.64 bits per heavy atom. The first-order chi connectivity index (χ1) is 15.9. The molecule has 2 aromatic heterocycles. The zero-order valence-electron chi connectivity index (χ0n) is 18.4. The number of nitrogens with one attached hydrogen (secondary N) is 2. The van der Waals surface area contributed by atoms with Crippen LogP contribution in [0.3, 0.4) is 0 Å². The van der Waals surface area contributed by atoms with Gasteiger partial charge in [0.15, 0.2) is 5.01 Å². The van der Waals surface area contributed by atoms with Crippen molar-refractivity contribution in [2.24, 2.45) is 0 Å². The number of piperidine rings is 1. The number of nitriles is 1. The van der Waals surface area contributed by atoms with Crippen LogP contribution in [0.15, 0.2) is 36.5 Å². The zero-order valence-corrected chi connectivity index (χ0v) is 19.3. The molecular formula is C23H25N7O2S. The van der Waals surface area contributed by atoms with Gasteiger partial charge in [-0.05, 0) is 51.0 Å². The minimum Gasteiger partial charge on any atom is -0.393 e. The van der Waals surface area contributed by atoms with E-state index < -0.39 is 0 Å². The summed E-state index contributed by atoms with van der Waals surface area (Å²) in [4.78, 5) is 19.0. The Balaban J connectivity index is 1.56. The number of carbonyl (C=O) groups excluding carboxylic acids is 1. The van der Waals surface area contributed by atoms with Gasteiger partial charge in [-0.3, -0.25) is 4.79 Å². The van der Waals surface area contributed by atoms with Gasteiger partial charge in [-0.2, -0.15) is 5.26 Å². The number of carbonyl (C=O) groups is 1. The summed E-state index contributed by atoms with van der Waals surface area (Å²) in [7, 11) is 0. The molecular weight excluding hydrogens is 438 g/mol.